The molecule has 0 spiro atoms. The molecule has 0 aliphatic heterocycles. The Morgan fingerprint density at radius 1 is 1.24 bits per heavy atom. The van der Waals surface area contributed by atoms with Gasteiger partial charge in [0.1, 0.15) is 5.75 Å². The van der Waals surface area contributed by atoms with E-state index in [-0.39, 0.29) is 5.91 Å². The summed E-state index contributed by atoms with van der Waals surface area (Å²) in [6.45, 7) is 3.78. The molecule has 0 saturated carbocycles. The summed E-state index contributed by atoms with van der Waals surface area (Å²) in [5.74, 6) is 0.402. The van der Waals surface area contributed by atoms with Crippen LogP contribution in [0.2, 0.25) is 0 Å². The SMILES string of the molecule is COc1ccc(C)cc1NC(=O)c1cc(Br)cc(N)c1C. The minimum Gasteiger partial charge on any atom is -0.495 e. The normalized spacial score (nSPS) is 10.3. The van der Waals surface area contributed by atoms with Crippen molar-refractivity contribution in [3.05, 3.63) is 51.5 Å². The van der Waals surface area contributed by atoms with Gasteiger partial charge in [-0.3, -0.25) is 4.79 Å². The van der Waals surface area contributed by atoms with E-state index in [4.69, 9.17) is 10.5 Å². The zero-order valence-corrected chi connectivity index (χ0v) is 13.7. The van der Waals surface area contributed by atoms with Gasteiger partial charge in [0.05, 0.1) is 12.8 Å². The second kappa shape index (κ2) is 6.18. The molecule has 1 amide bonds. The van der Waals surface area contributed by atoms with Crippen molar-refractivity contribution in [2.24, 2.45) is 0 Å². The van der Waals surface area contributed by atoms with Crippen LogP contribution in [0, 0.1) is 13.8 Å². The summed E-state index contributed by atoms with van der Waals surface area (Å²) < 4.78 is 6.04. The van der Waals surface area contributed by atoms with Gasteiger partial charge in [0.15, 0.2) is 0 Å². The number of hydrogen-bond donors (Lipinski definition) is 2. The zero-order valence-electron chi connectivity index (χ0n) is 12.2. The van der Waals surface area contributed by atoms with E-state index in [0.717, 1.165) is 15.6 Å². The second-order valence-electron chi connectivity index (χ2n) is 4.83. The molecule has 0 saturated heterocycles. The Balaban J connectivity index is 2.37. The summed E-state index contributed by atoms with van der Waals surface area (Å²) in [6.07, 6.45) is 0. The van der Waals surface area contributed by atoms with Gasteiger partial charge in [-0.15, -0.1) is 0 Å². The summed E-state index contributed by atoms with van der Waals surface area (Å²) in [6, 6.07) is 9.15. The molecule has 0 aromatic heterocycles. The fourth-order valence-corrected chi connectivity index (χ4v) is 2.52. The van der Waals surface area contributed by atoms with Crippen LogP contribution in [-0.4, -0.2) is 13.0 Å². The molecule has 5 heteroatoms. The first kappa shape index (κ1) is 15.4. The molecule has 0 fully saturated rings. The van der Waals surface area contributed by atoms with Gasteiger partial charge in [0.25, 0.3) is 5.91 Å². The molecule has 0 aliphatic rings. The lowest BCUT2D eigenvalue weighted by Gasteiger charge is -2.13. The molecule has 2 aromatic rings. The molecule has 110 valence electrons. The van der Waals surface area contributed by atoms with Crippen molar-refractivity contribution in [3.63, 3.8) is 0 Å². The molecule has 0 atom stereocenters. The van der Waals surface area contributed by atoms with Crippen molar-refractivity contribution in [2.75, 3.05) is 18.2 Å². The minimum absolute atomic E-state index is 0.218. The maximum atomic E-state index is 12.5. The van der Waals surface area contributed by atoms with E-state index >= 15 is 0 Å². The van der Waals surface area contributed by atoms with Gasteiger partial charge >= 0.3 is 0 Å². The monoisotopic (exact) mass is 348 g/mol. The van der Waals surface area contributed by atoms with E-state index in [1.165, 1.54) is 0 Å². The maximum Gasteiger partial charge on any atom is 0.256 e. The van der Waals surface area contributed by atoms with Crippen LogP contribution in [0.15, 0.2) is 34.8 Å². The number of ether oxygens (including phenoxy) is 1. The molecule has 0 heterocycles. The van der Waals surface area contributed by atoms with Gasteiger partial charge in [0.2, 0.25) is 0 Å². The van der Waals surface area contributed by atoms with Gasteiger partial charge < -0.3 is 15.8 Å². The Morgan fingerprint density at radius 3 is 2.62 bits per heavy atom. The van der Waals surface area contributed by atoms with Crippen molar-refractivity contribution >= 4 is 33.2 Å². The summed E-state index contributed by atoms with van der Waals surface area (Å²) in [5, 5.41) is 2.87. The number of carbonyl (C=O) groups excluding carboxylic acids is 1. The topological polar surface area (TPSA) is 64.3 Å². The summed E-state index contributed by atoms with van der Waals surface area (Å²) in [7, 11) is 1.57. The third-order valence-electron chi connectivity index (χ3n) is 3.26. The standard InChI is InChI=1S/C16H17BrN2O2/c1-9-4-5-15(21-3)14(6-9)19-16(20)12-7-11(17)8-13(18)10(12)2/h4-8H,18H2,1-3H3,(H,19,20). The van der Waals surface area contributed by atoms with Crippen LogP contribution in [0.3, 0.4) is 0 Å². The average Bonchev–Trinajstić information content (AvgIpc) is 2.43. The van der Waals surface area contributed by atoms with Crippen molar-refractivity contribution in [1.29, 1.82) is 0 Å². The van der Waals surface area contributed by atoms with E-state index in [0.29, 0.717) is 22.7 Å². The predicted octanol–water partition coefficient (Wildman–Crippen LogP) is 3.91. The molecule has 0 radical (unpaired) electrons. The lowest BCUT2D eigenvalue weighted by atomic mass is 10.1. The predicted molar refractivity (Wildman–Crippen MR) is 89.0 cm³/mol. The molecule has 0 bridgehead atoms. The number of amides is 1. The number of carbonyl (C=O) groups is 1. The quantitative estimate of drug-likeness (QED) is 0.826. The van der Waals surface area contributed by atoms with E-state index < -0.39 is 0 Å². The number of nitrogens with one attached hydrogen (secondary N) is 1. The number of benzene rings is 2. The highest BCUT2D eigenvalue weighted by atomic mass is 79.9. The van der Waals surface area contributed by atoms with Crippen LogP contribution < -0.4 is 15.8 Å². The molecule has 0 unspecified atom stereocenters. The van der Waals surface area contributed by atoms with E-state index in [2.05, 4.69) is 21.2 Å². The number of nitrogens with two attached hydrogens (primary N) is 1. The third-order valence-corrected chi connectivity index (χ3v) is 3.72. The minimum atomic E-state index is -0.218. The molecular formula is C16H17BrN2O2. The van der Waals surface area contributed by atoms with Crippen LogP contribution in [-0.2, 0) is 0 Å². The molecule has 2 rings (SSSR count). The first-order valence-electron chi connectivity index (χ1n) is 6.44. The van der Waals surface area contributed by atoms with Gasteiger partial charge in [-0.05, 0) is 49.2 Å². The molecule has 21 heavy (non-hydrogen) atoms. The van der Waals surface area contributed by atoms with Crippen LogP contribution in [0.5, 0.6) is 5.75 Å². The highest BCUT2D eigenvalue weighted by molar-refractivity contribution is 9.10. The number of nitrogen functional groups attached to an aromatic ring is 1. The Labute approximate surface area is 132 Å². The smallest absolute Gasteiger partial charge is 0.256 e. The van der Waals surface area contributed by atoms with E-state index in [1.807, 2.05) is 32.0 Å². The summed E-state index contributed by atoms with van der Waals surface area (Å²) in [4.78, 5) is 12.5. The van der Waals surface area contributed by atoms with E-state index in [9.17, 15) is 4.79 Å². The Hall–Kier alpha value is -2.01. The van der Waals surface area contributed by atoms with Crippen LogP contribution >= 0.6 is 15.9 Å². The Kier molecular flexibility index (Phi) is 4.53. The number of anilines is 2. The van der Waals surface area contributed by atoms with Gasteiger partial charge in [-0.1, -0.05) is 22.0 Å². The van der Waals surface area contributed by atoms with E-state index in [1.54, 1.807) is 19.2 Å². The number of rotatable bonds is 3. The van der Waals surface area contributed by atoms with Gasteiger partial charge in [-0.2, -0.15) is 0 Å². The number of aryl methyl sites for hydroxylation is 1. The number of halogens is 1. The lowest BCUT2D eigenvalue weighted by Crippen LogP contribution is -2.15. The largest absolute Gasteiger partial charge is 0.495 e. The van der Waals surface area contributed by atoms with Crippen molar-refractivity contribution in [1.82, 2.24) is 0 Å². The Bertz CT molecular complexity index is 699. The van der Waals surface area contributed by atoms with Crippen molar-refractivity contribution in [3.8, 4) is 5.75 Å². The highest BCUT2D eigenvalue weighted by Gasteiger charge is 2.14. The molecule has 3 N–H and O–H groups in total. The molecule has 4 nitrogen and oxygen atoms in total. The van der Waals surface area contributed by atoms with Crippen molar-refractivity contribution in [2.45, 2.75) is 13.8 Å². The van der Waals surface area contributed by atoms with Crippen LogP contribution in [0.1, 0.15) is 21.5 Å². The first-order chi connectivity index (χ1) is 9.92. The third kappa shape index (κ3) is 3.36. The number of hydrogen-bond acceptors (Lipinski definition) is 3. The second-order valence-corrected chi connectivity index (χ2v) is 5.74. The number of methoxy groups -OCH3 is 1. The first-order valence-corrected chi connectivity index (χ1v) is 7.23. The highest BCUT2D eigenvalue weighted by Crippen LogP contribution is 2.28. The summed E-state index contributed by atoms with van der Waals surface area (Å²) in [5.41, 5.74) is 9.44. The van der Waals surface area contributed by atoms with Gasteiger partial charge in [-0.25, -0.2) is 0 Å². The van der Waals surface area contributed by atoms with Crippen molar-refractivity contribution < 1.29 is 9.53 Å². The fraction of sp³-hybridized carbons (Fsp3) is 0.188. The maximum absolute atomic E-state index is 12.5. The molecule has 0 aliphatic carbocycles. The van der Waals surface area contributed by atoms with Crippen LogP contribution in [0.25, 0.3) is 0 Å². The fourth-order valence-electron chi connectivity index (χ4n) is 2.05. The zero-order chi connectivity index (χ0) is 15.6. The lowest BCUT2D eigenvalue weighted by molar-refractivity contribution is 0.102. The molecule has 2 aromatic carbocycles. The molecular weight excluding hydrogens is 332 g/mol. The van der Waals surface area contributed by atoms with Crippen LogP contribution in [0.4, 0.5) is 11.4 Å². The summed E-state index contributed by atoms with van der Waals surface area (Å²) >= 11 is 3.36. The van der Waals surface area contributed by atoms with Gasteiger partial charge in [0, 0.05) is 15.7 Å². The average molecular weight is 349 g/mol. The Morgan fingerprint density at radius 2 is 1.95 bits per heavy atom.